The maximum atomic E-state index is 12.5. The molecule has 0 heterocycles. The number of nitrogens with one attached hydrogen (secondary N) is 3. The second-order valence-electron chi connectivity index (χ2n) is 7.65. The molecule has 1 fully saturated rings. The Morgan fingerprint density at radius 1 is 0.800 bits per heavy atom. The van der Waals surface area contributed by atoms with E-state index < -0.39 is 10.0 Å². The van der Waals surface area contributed by atoms with E-state index in [0.717, 1.165) is 43.2 Å². The highest BCUT2D eigenvalue weighted by molar-refractivity contribution is 7.89. The van der Waals surface area contributed by atoms with Crippen LogP contribution in [0.5, 0.6) is 0 Å². The highest BCUT2D eigenvalue weighted by atomic mass is 35.5. The Morgan fingerprint density at radius 2 is 1.50 bits per heavy atom. The molecular weight excluding hydrogens is 441 g/mol. The van der Waals surface area contributed by atoms with Gasteiger partial charge in [-0.05, 0) is 55.1 Å². The fraction of sp³-hybridized carbons (Fsp3) is 0.545. The summed E-state index contributed by atoms with van der Waals surface area (Å²) in [6, 6.07) is 13.8. The number of hydrogen-bond donors (Lipinski definition) is 3. The molecule has 0 atom stereocenters. The molecule has 1 saturated carbocycles. The Balaban J connectivity index is 0.00000225. The Labute approximate surface area is 193 Å². The fourth-order valence-electron chi connectivity index (χ4n) is 3.80. The van der Waals surface area contributed by atoms with Crippen molar-refractivity contribution in [3.05, 3.63) is 42.5 Å². The van der Waals surface area contributed by atoms with Crippen LogP contribution < -0.4 is 15.4 Å². The Morgan fingerprint density at radius 3 is 2.27 bits per heavy atom. The van der Waals surface area contributed by atoms with Crippen molar-refractivity contribution in [2.24, 2.45) is 0 Å². The Kier molecular flexibility index (Phi) is 12.9. The number of halogens is 2. The van der Waals surface area contributed by atoms with Gasteiger partial charge < -0.3 is 10.6 Å². The fourth-order valence-corrected chi connectivity index (χ4v) is 4.90. The van der Waals surface area contributed by atoms with Crippen LogP contribution in [0.2, 0.25) is 0 Å². The lowest BCUT2D eigenvalue weighted by molar-refractivity contribution is 0.372. The first kappa shape index (κ1) is 27.1. The zero-order valence-corrected chi connectivity index (χ0v) is 19.9. The minimum atomic E-state index is -3.45. The molecule has 5 nitrogen and oxygen atoms in total. The summed E-state index contributed by atoms with van der Waals surface area (Å²) in [4.78, 5) is 0.332. The zero-order chi connectivity index (χ0) is 19.7. The first-order chi connectivity index (χ1) is 13.6. The van der Waals surface area contributed by atoms with Crippen molar-refractivity contribution in [3.63, 3.8) is 0 Å². The van der Waals surface area contributed by atoms with Crippen LogP contribution in [-0.2, 0) is 10.0 Å². The maximum absolute atomic E-state index is 12.5. The average Bonchev–Trinajstić information content (AvgIpc) is 2.73. The summed E-state index contributed by atoms with van der Waals surface area (Å²) < 4.78 is 27.6. The molecule has 8 heteroatoms. The molecule has 170 valence electrons. The molecule has 0 aromatic heterocycles. The lowest BCUT2D eigenvalue weighted by Crippen LogP contribution is -2.36. The van der Waals surface area contributed by atoms with Crippen LogP contribution in [0.3, 0.4) is 0 Å². The van der Waals surface area contributed by atoms with E-state index in [9.17, 15) is 8.42 Å². The van der Waals surface area contributed by atoms with Crippen LogP contribution in [0.25, 0.3) is 10.8 Å². The van der Waals surface area contributed by atoms with Crippen LogP contribution in [0.4, 0.5) is 0 Å². The van der Waals surface area contributed by atoms with Gasteiger partial charge in [0.15, 0.2) is 0 Å². The topological polar surface area (TPSA) is 70.2 Å². The number of unbranched alkanes of at least 4 members (excludes halogenated alkanes) is 1. The van der Waals surface area contributed by atoms with E-state index in [-0.39, 0.29) is 24.8 Å². The van der Waals surface area contributed by atoms with Gasteiger partial charge in [-0.3, -0.25) is 0 Å². The van der Waals surface area contributed by atoms with Gasteiger partial charge in [0.2, 0.25) is 10.0 Å². The molecule has 0 saturated heterocycles. The number of fused-ring (bicyclic) bond motifs is 1. The van der Waals surface area contributed by atoms with Crippen LogP contribution in [0.1, 0.15) is 44.9 Å². The molecule has 3 N–H and O–H groups in total. The Bertz CT molecular complexity index is 843. The predicted octanol–water partition coefficient (Wildman–Crippen LogP) is 4.25. The molecule has 1 aliphatic rings. The van der Waals surface area contributed by atoms with Gasteiger partial charge in [0, 0.05) is 25.7 Å². The summed E-state index contributed by atoms with van der Waals surface area (Å²) in [6.45, 7) is 3.37. The van der Waals surface area contributed by atoms with Crippen LogP contribution >= 0.6 is 24.8 Å². The number of benzene rings is 2. The van der Waals surface area contributed by atoms with E-state index >= 15 is 0 Å². The van der Waals surface area contributed by atoms with Gasteiger partial charge in [0.1, 0.15) is 0 Å². The summed E-state index contributed by atoms with van der Waals surface area (Å²) in [7, 11) is -3.45. The second-order valence-corrected chi connectivity index (χ2v) is 9.42. The molecule has 0 amide bonds. The average molecular weight is 477 g/mol. The number of hydrogen-bond acceptors (Lipinski definition) is 4. The molecule has 0 spiro atoms. The van der Waals surface area contributed by atoms with Gasteiger partial charge in [0.25, 0.3) is 0 Å². The minimum absolute atomic E-state index is 0. The molecule has 3 rings (SSSR count). The van der Waals surface area contributed by atoms with Gasteiger partial charge >= 0.3 is 0 Å². The smallest absolute Gasteiger partial charge is 0.240 e. The third-order valence-electron chi connectivity index (χ3n) is 5.44. The summed E-state index contributed by atoms with van der Waals surface area (Å²) in [5, 5.41) is 9.04. The van der Waals surface area contributed by atoms with E-state index in [1.54, 1.807) is 12.1 Å². The highest BCUT2D eigenvalue weighted by Gasteiger charge is 2.14. The van der Waals surface area contributed by atoms with Crippen molar-refractivity contribution in [1.29, 1.82) is 0 Å². The normalized spacial score (nSPS) is 14.8. The third-order valence-corrected chi connectivity index (χ3v) is 6.90. The second kappa shape index (κ2) is 14.2. The first-order valence-corrected chi connectivity index (χ1v) is 12.1. The van der Waals surface area contributed by atoms with Crippen LogP contribution in [0.15, 0.2) is 47.4 Å². The minimum Gasteiger partial charge on any atom is -0.315 e. The van der Waals surface area contributed by atoms with E-state index in [1.165, 1.54) is 32.1 Å². The summed E-state index contributed by atoms with van der Waals surface area (Å²) in [6.07, 6.45) is 8.54. The molecule has 30 heavy (non-hydrogen) atoms. The van der Waals surface area contributed by atoms with Crippen molar-refractivity contribution in [1.82, 2.24) is 15.4 Å². The van der Waals surface area contributed by atoms with Crippen molar-refractivity contribution in [3.8, 4) is 0 Å². The van der Waals surface area contributed by atoms with Crippen molar-refractivity contribution < 1.29 is 8.42 Å². The first-order valence-electron chi connectivity index (χ1n) is 10.6. The molecule has 2 aromatic carbocycles. The highest BCUT2D eigenvalue weighted by Crippen LogP contribution is 2.19. The van der Waals surface area contributed by atoms with Crippen LogP contribution in [0, 0.1) is 0 Å². The third kappa shape index (κ3) is 8.69. The number of rotatable bonds is 11. The number of sulfonamides is 1. The Hall–Kier alpha value is -0.890. The van der Waals surface area contributed by atoms with E-state index in [1.807, 2.05) is 30.3 Å². The monoisotopic (exact) mass is 475 g/mol. The summed E-state index contributed by atoms with van der Waals surface area (Å²) in [5.74, 6) is 0. The van der Waals surface area contributed by atoms with E-state index in [4.69, 9.17) is 0 Å². The SMILES string of the molecule is Cl.Cl.O=S(=O)(NCCCCNCCNC1CCCCC1)c1ccc2ccccc2c1. The molecule has 0 aliphatic heterocycles. The molecule has 0 unspecified atom stereocenters. The van der Waals surface area contributed by atoms with Gasteiger partial charge in [-0.2, -0.15) is 0 Å². The van der Waals surface area contributed by atoms with E-state index in [0.29, 0.717) is 17.5 Å². The molecule has 0 bridgehead atoms. The lowest BCUT2D eigenvalue weighted by Gasteiger charge is -2.22. The summed E-state index contributed by atoms with van der Waals surface area (Å²) >= 11 is 0. The van der Waals surface area contributed by atoms with Crippen LogP contribution in [-0.4, -0.2) is 40.6 Å². The molecule has 2 aromatic rings. The largest absolute Gasteiger partial charge is 0.315 e. The van der Waals surface area contributed by atoms with Gasteiger partial charge in [0.05, 0.1) is 4.90 Å². The lowest BCUT2D eigenvalue weighted by atomic mass is 9.95. The van der Waals surface area contributed by atoms with Gasteiger partial charge in [-0.15, -0.1) is 24.8 Å². The van der Waals surface area contributed by atoms with Crippen molar-refractivity contribution >= 4 is 45.6 Å². The van der Waals surface area contributed by atoms with Crippen molar-refractivity contribution in [2.75, 3.05) is 26.2 Å². The molecular formula is C22H35Cl2N3O2S. The predicted molar refractivity (Wildman–Crippen MR) is 131 cm³/mol. The van der Waals surface area contributed by atoms with Gasteiger partial charge in [-0.25, -0.2) is 13.1 Å². The maximum Gasteiger partial charge on any atom is 0.240 e. The quantitative estimate of drug-likeness (QED) is 0.424. The van der Waals surface area contributed by atoms with E-state index in [2.05, 4.69) is 15.4 Å². The molecule has 1 aliphatic carbocycles. The molecule has 0 radical (unpaired) electrons. The van der Waals surface area contributed by atoms with Crippen molar-refractivity contribution in [2.45, 2.75) is 55.9 Å². The van der Waals surface area contributed by atoms with Gasteiger partial charge in [-0.1, -0.05) is 49.6 Å². The standard InChI is InChI=1S/C22H33N3O2S.2ClH/c26-28(27,22-13-12-19-8-4-5-9-20(19)18-22)25-15-7-6-14-23-16-17-24-21-10-2-1-3-11-21;;/h4-5,8-9,12-13,18,21,23-25H,1-3,6-7,10-11,14-17H2;2*1H. The summed E-state index contributed by atoms with van der Waals surface area (Å²) in [5.41, 5.74) is 0. The zero-order valence-electron chi connectivity index (χ0n) is 17.4.